The molecule has 1 fully saturated rings. The first-order valence-electron chi connectivity index (χ1n) is 8.33. The Balaban J connectivity index is 1.53. The molecule has 1 aliphatic heterocycles. The van der Waals surface area contributed by atoms with E-state index in [2.05, 4.69) is 22.7 Å². The fraction of sp³-hybridized carbons (Fsp3) is 0.444. The lowest BCUT2D eigenvalue weighted by molar-refractivity contribution is -0.117. The first kappa shape index (κ1) is 15.7. The molecule has 2 N–H and O–H groups in total. The molecule has 1 amide bonds. The number of aromatic nitrogens is 2. The highest BCUT2D eigenvalue weighted by atomic mass is 16.1. The van der Waals surface area contributed by atoms with Gasteiger partial charge in [0.2, 0.25) is 5.91 Å². The van der Waals surface area contributed by atoms with Gasteiger partial charge in [-0.15, -0.1) is 0 Å². The molecular formula is C18H24N4O. The number of hydrogen-bond donors (Lipinski definition) is 2. The highest BCUT2D eigenvalue weighted by Gasteiger charge is 2.21. The van der Waals surface area contributed by atoms with E-state index in [0.717, 1.165) is 24.5 Å². The Bertz CT molecular complexity index is 615. The fourth-order valence-electron chi connectivity index (χ4n) is 3.15. The molecule has 5 nitrogen and oxygen atoms in total. The predicted molar refractivity (Wildman–Crippen MR) is 91.6 cm³/mol. The Kier molecular flexibility index (Phi) is 5.08. The highest BCUT2D eigenvalue weighted by molar-refractivity contribution is 5.90. The van der Waals surface area contributed by atoms with E-state index in [1.54, 1.807) is 10.9 Å². The number of nitrogens with one attached hydrogen (secondary N) is 2. The number of rotatable bonds is 5. The molecule has 0 spiro atoms. The third kappa shape index (κ3) is 4.20. The monoisotopic (exact) mass is 312 g/mol. The van der Waals surface area contributed by atoms with Gasteiger partial charge in [-0.3, -0.25) is 4.79 Å². The molecule has 5 heteroatoms. The maximum atomic E-state index is 12.2. The molecule has 0 aliphatic carbocycles. The van der Waals surface area contributed by atoms with Gasteiger partial charge in [0.1, 0.15) is 0 Å². The molecule has 0 radical (unpaired) electrons. The van der Waals surface area contributed by atoms with Crippen LogP contribution in [0.1, 0.15) is 26.2 Å². The second-order valence-corrected chi connectivity index (χ2v) is 6.33. The van der Waals surface area contributed by atoms with E-state index in [4.69, 9.17) is 0 Å². The second kappa shape index (κ2) is 7.42. The molecule has 23 heavy (non-hydrogen) atoms. The van der Waals surface area contributed by atoms with E-state index < -0.39 is 0 Å². The van der Waals surface area contributed by atoms with Crippen LogP contribution in [0.25, 0.3) is 5.69 Å². The van der Waals surface area contributed by atoms with Crippen molar-refractivity contribution >= 4 is 11.6 Å². The molecule has 2 aromatic rings. The molecule has 1 aliphatic rings. The molecule has 3 rings (SSSR count). The number of carbonyl (C=O) groups is 1. The number of amides is 1. The molecule has 2 atom stereocenters. The van der Waals surface area contributed by atoms with Crippen molar-refractivity contribution in [1.29, 1.82) is 0 Å². The SMILES string of the molecule is CC(CC(=O)Nc1ccc(-n2cccn2)cc1)C1CCCNC1. The number of hydrogen-bond acceptors (Lipinski definition) is 3. The Morgan fingerprint density at radius 1 is 1.43 bits per heavy atom. The van der Waals surface area contributed by atoms with E-state index >= 15 is 0 Å². The van der Waals surface area contributed by atoms with Crippen molar-refractivity contribution in [2.24, 2.45) is 11.8 Å². The van der Waals surface area contributed by atoms with Crippen LogP contribution in [-0.2, 0) is 4.79 Å². The number of benzene rings is 1. The van der Waals surface area contributed by atoms with Gasteiger partial charge in [0.15, 0.2) is 0 Å². The summed E-state index contributed by atoms with van der Waals surface area (Å²) in [5.74, 6) is 1.11. The minimum Gasteiger partial charge on any atom is -0.326 e. The molecule has 122 valence electrons. The lowest BCUT2D eigenvalue weighted by atomic mass is 9.85. The van der Waals surface area contributed by atoms with Gasteiger partial charge in [0.05, 0.1) is 5.69 Å². The standard InChI is InChI=1S/C18H24N4O/c1-14(15-4-2-9-19-13-15)12-18(23)21-16-5-7-17(8-6-16)22-11-3-10-20-22/h3,5-8,10-11,14-15,19H,2,4,9,12-13H2,1H3,(H,21,23). The topological polar surface area (TPSA) is 59.0 Å². The zero-order chi connectivity index (χ0) is 16.1. The van der Waals surface area contributed by atoms with Gasteiger partial charge in [-0.2, -0.15) is 5.10 Å². The summed E-state index contributed by atoms with van der Waals surface area (Å²) in [6, 6.07) is 9.63. The molecule has 2 heterocycles. The summed E-state index contributed by atoms with van der Waals surface area (Å²) < 4.78 is 1.80. The van der Waals surface area contributed by atoms with Gasteiger partial charge in [-0.05, 0) is 68.1 Å². The van der Waals surface area contributed by atoms with Crippen LogP contribution in [0, 0.1) is 11.8 Å². The van der Waals surface area contributed by atoms with Crippen molar-refractivity contribution in [3.05, 3.63) is 42.7 Å². The average molecular weight is 312 g/mol. The quantitative estimate of drug-likeness (QED) is 0.892. The van der Waals surface area contributed by atoms with Crippen LogP contribution in [0.4, 0.5) is 5.69 Å². The van der Waals surface area contributed by atoms with Gasteiger partial charge < -0.3 is 10.6 Å². The molecule has 1 aromatic heterocycles. The Labute approximate surface area is 137 Å². The Morgan fingerprint density at radius 3 is 2.91 bits per heavy atom. The molecule has 0 bridgehead atoms. The number of piperidine rings is 1. The summed E-state index contributed by atoms with van der Waals surface area (Å²) >= 11 is 0. The van der Waals surface area contributed by atoms with Gasteiger partial charge in [0, 0.05) is 24.5 Å². The summed E-state index contributed by atoms with van der Waals surface area (Å²) in [4.78, 5) is 12.2. The summed E-state index contributed by atoms with van der Waals surface area (Å²) in [5.41, 5.74) is 1.81. The van der Waals surface area contributed by atoms with Crippen LogP contribution < -0.4 is 10.6 Å². The average Bonchev–Trinajstić information content (AvgIpc) is 3.11. The van der Waals surface area contributed by atoms with Crippen LogP contribution in [0.3, 0.4) is 0 Å². The Hall–Kier alpha value is -2.14. The van der Waals surface area contributed by atoms with E-state index in [1.165, 1.54) is 12.8 Å². The molecular weight excluding hydrogens is 288 g/mol. The van der Waals surface area contributed by atoms with Crippen LogP contribution >= 0.6 is 0 Å². The van der Waals surface area contributed by atoms with Gasteiger partial charge in [-0.1, -0.05) is 6.92 Å². The molecule has 2 unspecified atom stereocenters. The van der Waals surface area contributed by atoms with Crippen LogP contribution in [0.15, 0.2) is 42.7 Å². The van der Waals surface area contributed by atoms with E-state index in [-0.39, 0.29) is 5.91 Å². The summed E-state index contributed by atoms with van der Waals surface area (Å²) in [7, 11) is 0. The van der Waals surface area contributed by atoms with Crippen LogP contribution in [-0.4, -0.2) is 28.8 Å². The third-order valence-corrected chi connectivity index (χ3v) is 4.57. The van der Waals surface area contributed by atoms with Crippen LogP contribution in [0.5, 0.6) is 0 Å². The van der Waals surface area contributed by atoms with Crippen molar-refractivity contribution in [3.8, 4) is 5.69 Å². The minimum atomic E-state index is 0.0925. The number of carbonyl (C=O) groups excluding carboxylic acids is 1. The number of anilines is 1. The van der Waals surface area contributed by atoms with Crippen molar-refractivity contribution in [3.63, 3.8) is 0 Å². The largest absolute Gasteiger partial charge is 0.326 e. The zero-order valence-electron chi connectivity index (χ0n) is 13.5. The molecule has 1 aromatic carbocycles. The summed E-state index contributed by atoms with van der Waals surface area (Å²) in [6.45, 7) is 4.32. The van der Waals surface area contributed by atoms with Crippen molar-refractivity contribution in [1.82, 2.24) is 15.1 Å². The molecule has 0 saturated carbocycles. The van der Waals surface area contributed by atoms with Gasteiger partial charge >= 0.3 is 0 Å². The van der Waals surface area contributed by atoms with Crippen molar-refractivity contribution < 1.29 is 4.79 Å². The number of nitrogens with zero attached hydrogens (tertiary/aromatic N) is 2. The Morgan fingerprint density at radius 2 is 2.26 bits per heavy atom. The van der Waals surface area contributed by atoms with Gasteiger partial charge in [0.25, 0.3) is 0 Å². The lowest BCUT2D eigenvalue weighted by Crippen LogP contribution is -2.34. The van der Waals surface area contributed by atoms with Crippen LogP contribution in [0.2, 0.25) is 0 Å². The van der Waals surface area contributed by atoms with E-state index in [0.29, 0.717) is 18.3 Å². The summed E-state index contributed by atoms with van der Waals surface area (Å²) in [5, 5.41) is 10.6. The van der Waals surface area contributed by atoms with Gasteiger partial charge in [-0.25, -0.2) is 4.68 Å². The second-order valence-electron chi connectivity index (χ2n) is 6.33. The smallest absolute Gasteiger partial charge is 0.224 e. The highest BCUT2D eigenvalue weighted by Crippen LogP contribution is 2.23. The zero-order valence-corrected chi connectivity index (χ0v) is 13.5. The maximum Gasteiger partial charge on any atom is 0.224 e. The first-order chi connectivity index (χ1) is 11.2. The van der Waals surface area contributed by atoms with E-state index in [1.807, 2.05) is 36.5 Å². The minimum absolute atomic E-state index is 0.0925. The predicted octanol–water partition coefficient (Wildman–Crippen LogP) is 2.84. The first-order valence-corrected chi connectivity index (χ1v) is 8.33. The van der Waals surface area contributed by atoms with Crippen molar-refractivity contribution in [2.45, 2.75) is 26.2 Å². The fourth-order valence-corrected chi connectivity index (χ4v) is 3.15. The van der Waals surface area contributed by atoms with Crippen molar-refractivity contribution in [2.75, 3.05) is 18.4 Å². The summed E-state index contributed by atoms with van der Waals surface area (Å²) in [6.07, 6.45) is 6.66. The maximum absolute atomic E-state index is 12.2. The third-order valence-electron chi connectivity index (χ3n) is 4.57. The normalized spacial score (nSPS) is 19.3. The molecule has 1 saturated heterocycles. The van der Waals surface area contributed by atoms with E-state index in [9.17, 15) is 4.79 Å². The lowest BCUT2D eigenvalue weighted by Gasteiger charge is -2.28.